The summed E-state index contributed by atoms with van der Waals surface area (Å²) in [7, 11) is 0. The van der Waals surface area contributed by atoms with E-state index in [0.717, 1.165) is 12.0 Å². The lowest BCUT2D eigenvalue weighted by atomic mass is 10.0. The van der Waals surface area contributed by atoms with Crippen molar-refractivity contribution < 1.29 is 19.8 Å². The summed E-state index contributed by atoms with van der Waals surface area (Å²) >= 11 is 0. The van der Waals surface area contributed by atoms with Crippen molar-refractivity contribution in [3.05, 3.63) is 35.9 Å². The van der Waals surface area contributed by atoms with Crippen molar-refractivity contribution in [1.29, 1.82) is 0 Å². The fourth-order valence-electron chi connectivity index (χ4n) is 1.80. The van der Waals surface area contributed by atoms with Gasteiger partial charge < -0.3 is 20.8 Å². The number of aliphatic hydroxyl groups is 1. The lowest BCUT2D eigenvalue weighted by molar-refractivity contribution is -0.130. The van der Waals surface area contributed by atoms with E-state index in [0.29, 0.717) is 6.54 Å². The number of hydrogen-bond donors (Lipinski definition) is 4. The molecule has 1 rings (SSSR count). The van der Waals surface area contributed by atoms with Crippen LogP contribution in [0.5, 0.6) is 0 Å². The van der Waals surface area contributed by atoms with Gasteiger partial charge in [0.2, 0.25) is 0 Å². The Bertz CT molecular complexity index is 436. The van der Waals surface area contributed by atoms with E-state index in [9.17, 15) is 14.7 Å². The molecule has 0 aliphatic carbocycles. The normalized spacial score (nSPS) is 13.3. The highest BCUT2D eigenvalue weighted by molar-refractivity contribution is 5.82. The fourth-order valence-corrected chi connectivity index (χ4v) is 1.80. The van der Waals surface area contributed by atoms with E-state index in [2.05, 4.69) is 10.6 Å². The van der Waals surface area contributed by atoms with Crippen LogP contribution in [0.15, 0.2) is 30.3 Å². The first-order valence-corrected chi connectivity index (χ1v) is 6.53. The SMILES string of the molecule is CCCNC(=O)C(O)[C@H](Cc1ccccc1)NC(=O)O. The predicted octanol–water partition coefficient (Wildman–Crippen LogP) is 0.752. The molecule has 0 fully saturated rings. The minimum Gasteiger partial charge on any atom is -0.465 e. The molecule has 0 radical (unpaired) electrons. The van der Waals surface area contributed by atoms with E-state index in [1.807, 2.05) is 37.3 Å². The molecular weight excluding hydrogens is 260 g/mol. The molecule has 0 aromatic heterocycles. The second-order valence-electron chi connectivity index (χ2n) is 4.48. The zero-order chi connectivity index (χ0) is 15.0. The lowest BCUT2D eigenvalue weighted by Gasteiger charge is -2.22. The Balaban J connectivity index is 2.72. The van der Waals surface area contributed by atoms with Crippen LogP contribution in [0.25, 0.3) is 0 Å². The molecule has 0 saturated carbocycles. The van der Waals surface area contributed by atoms with Gasteiger partial charge in [0.1, 0.15) is 0 Å². The van der Waals surface area contributed by atoms with Crippen LogP contribution in [0.4, 0.5) is 4.79 Å². The lowest BCUT2D eigenvalue weighted by Crippen LogP contribution is -2.51. The zero-order valence-electron chi connectivity index (χ0n) is 11.4. The van der Waals surface area contributed by atoms with E-state index >= 15 is 0 Å². The minimum atomic E-state index is -1.42. The molecule has 2 amide bonds. The molecular formula is C14H20N2O4. The number of nitrogens with one attached hydrogen (secondary N) is 2. The summed E-state index contributed by atoms with van der Waals surface area (Å²) in [6.07, 6.45) is -1.70. The van der Waals surface area contributed by atoms with Crippen LogP contribution in [0.3, 0.4) is 0 Å². The second-order valence-corrected chi connectivity index (χ2v) is 4.48. The Labute approximate surface area is 117 Å². The Morgan fingerprint density at radius 3 is 2.45 bits per heavy atom. The predicted molar refractivity (Wildman–Crippen MR) is 74.4 cm³/mol. The summed E-state index contributed by atoms with van der Waals surface area (Å²) in [4.78, 5) is 22.5. The molecule has 4 N–H and O–H groups in total. The Hall–Kier alpha value is -2.08. The van der Waals surface area contributed by atoms with Gasteiger partial charge in [0, 0.05) is 6.54 Å². The summed E-state index contributed by atoms with van der Waals surface area (Å²) in [6, 6.07) is 8.22. The van der Waals surface area contributed by atoms with Crippen LogP contribution < -0.4 is 10.6 Å². The third kappa shape index (κ3) is 5.27. The Morgan fingerprint density at radius 2 is 1.90 bits per heavy atom. The first-order chi connectivity index (χ1) is 9.54. The van der Waals surface area contributed by atoms with Crippen LogP contribution in [0.1, 0.15) is 18.9 Å². The van der Waals surface area contributed by atoms with E-state index < -0.39 is 24.1 Å². The van der Waals surface area contributed by atoms with Gasteiger partial charge in [0.05, 0.1) is 6.04 Å². The number of benzene rings is 1. The fraction of sp³-hybridized carbons (Fsp3) is 0.429. The smallest absolute Gasteiger partial charge is 0.404 e. The summed E-state index contributed by atoms with van der Waals surface area (Å²) in [6.45, 7) is 2.34. The summed E-state index contributed by atoms with van der Waals surface area (Å²) in [5, 5.41) is 23.5. The van der Waals surface area contributed by atoms with Gasteiger partial charge >= 0.3 is 6.09 Å². The van der Waals surface area contributed by atoms with Gasteiger partial charge in [-0.25, -0.2) is 4.79 Å². The maximum Gasteiger partial charge on any atom is 0.404 e. The number of rotatable bonds is 7. The van der Waals surface area contributed by atoms with Gasteiger partial charge in [-0.05, 0) is 18.4 Å². The Morgan fingerprint density at radius 1 is 1.25 bits per heavy atom. The molecule has 0 spiro atoms. The van der Waals surface area contributed by atoms with Gasteiger partial charge in [0.25, 0.3) is 5.91 Å². The van der Waals surface area contributed by atoms with Crippen LogP contribution >= 0.6 is 0 Å². The second kappa shape index (κ2) is 8.16. The third-order valence-corrected chi connectivity index (χ3v) is 2.81. The van der Waals surface area contributed by atoms with Gasteiger partial charge in [-0.2, -0.15) is 0 Å². The highest BCUT2D eigenvalue weighted by atomic mass is 16.4. The number of carbonyl (C=O) groups excluding carboxylic acids is 1. The molecule has 0 aliphatic heterocycles. The Kier molecular flexibility index (Phi) is 6.52. The monoisotopic (exact) mass is 280 g/mol. The molecule has 20 heavy (non-hydrogen) atoms. The van der Waals surface area contributed by atoms with Crippen LogP contribution in [0, 0.1) is 0 Å². The molecule has 0 bridgehead atoms. The molecule has 2 atom stereocenters. The topological polar surface area (TPSA) is 98.7 Å². The van der Waals surface area contributed by atoms with Gasteiger partial charge in [0.15, 0.2) is 6.10 Å². The van der Waals surface area contributed by atoms with Crippen molar-refractivity contribution in [3.63, 3.8) is 0 Å². The number of amides is 2. The van der Waals surface area contributed by atoms with Crippen LogP contribution in [0.2, 0.25) is 0 Å². The number of hydrogen-bond acceptors (Lipinski definition) is 3. The molecule has 0 saturated heterocycles. The summed E-state index contributed by atoms with van der Waals surface area (Å²) in [5.41, 5.74) is 0.841. The van der Waals surface area contributed by atoms with Crippen LogP contribution in [-0.2, 0) is 11.2 Å². The summed E-state index contributed by atoms with van der Waals surface area (Å²) in [5.74, 6) is -0.568. The van der Waals surface area contributed by atoms with Crippen molar-refractivity contribution in [2.75, 3.05) is 6.54 Å². The molecule has 0 heterocycles. The largest absolute Gasteiger partial charge is 0.465 e. The average molecular weight is 280 g/mol. The number of carboxylic acid groups (broad SMARTS) is 1. The van der Waals surface area contributed by atoms with Gasteiger partial charge in [-0.1, -0.05) is 37.3 Å². The van der Waals surface area contributed by atoms with Gasteiger partial charge in [-0.3, -0.25) is 4.79 Å². The highest BCUT2D eigenvalue weighted by Gasteiger charge is 2.27. The average Bonchev–Trinajstić information content (AvgIpc) is 2.44. The minimum absolute atomic E-state index is 0.244. The first-order valence-electron chi connectivity index (χ1n) is 6.53. The van der Waals surface area contributed by atoms with E-state index in [-0.39, 0.29) is 6.42 Å². The van der Waals surface area contributed by atoms with Crippen molar-refractivity contribution in [1.82, 2.24) is 10.6 Å². The standard InChI is InChI=1S/C14H20N2O4/c1-2-8-15-13(18)12(17)11(16-14(19)20)9-10-6-4-3-5-7-10/h3-7,11-12,16-17H,2,8-9H2,1H3,(H,15,18)(H,19,20)/t11-,12?/m0/s1. The van der Waals surface area contributed by atoms with Crippen molar-refractivity contribution in [3.8, 4) is 0 Å². The molecule has 6 heteroatoms. The number of carbonyl (C=O) groups is 2. The molecule has 1 aromatic rings. The quantitative estimate of drug-likeness (QED) is 0.592. The highest BCUT2D eigenvalue weighted by Crippen LogP contribution is 2.07. The van der Waals surface area contributed by atoms with Crippen molar-refractivity contribution >= 4 is 12.0 Å². The van der Waals surface area contributed by atoms with E-state index in [1.54, 1.807) is 0 Å². The van der Waals surface area contributed by atoms with Crippen molar-refractivity contribution in [2.24, 2.45) is 0 Å². The molecule has 110 valence electrons. The van der Waals surface area contributed by atoms with Crippen molar-refractivity contribution in [2.45, 2.75) is 31.9 Å². The van der Waals surface area contributed by atoms with E-state index in [4.69, 9.17) is 5.11 Å². The maximum atomic E-state index is 11.7. The van der Waals surface area contributed by atoms with E-state index in [1.165, 1.54) is 0 Å². The zero-order valence-corrected chi connectivity index (χ0v) is 11.4. The molecule has 0 aliphatic rings. The maximum absolute atomic E-state index is 11.7. The van der Waals surface area contributed by atoms with Gasteiger partial charge in [-0.15, -0.1) is 0 Å². The number of aliphatic hydroxyl groups excluding tert-OH is 1. The molecule has 6 nitrogen and oxygen atoms in total. The first kappa shape index (κ1) is 16.0. The van der Waals surface area contributed by atoms with Crippen LogP contribution in [-0.4, -0.2) is 40.9 Å². The third-order valence-electron chi connectivity index (χ3n) is 2.81. The summed E-state index contributed by atoms with van der Waals surface area (Å²) < 4.78 is 0. The molecule has 1 unspecified atom stereocenters. The molecule has 1 aromatic carbocycles.